The Hall–Kier alpha value is -3.93. The van der Waals surface area contributed by atoms with E-state index in [1.54, 1.807) is 12.5 Å². The van der Waals surface area contributed by atoms with Crippen LogP contribution in [0, 0.1) is 0 Å². The van der Waals surface area contributed by atoms with Crippen LogP contribution in [-0.2, 0) is 17.9 Å². The molecular formula is C24H21N5O. The van der Waals surface area contributed by atoms with Crippen LogP contribution in [-0.4, -0.2) is 26.2 Å². The molecule has 0 bridgehead atoms. The highest BCUT2D eigenvalue weighted by Gasteiger charge is 2.09. The maximum atomic E-state index is 12.3. The molecule has 5 aromatic rings. The van der Waals surface area contributed by atoms with Crippen molar-refractivity contribution in [1.29, 1.82) is 0 Å². The number of hydrogen-bond donors (Lipinski definition) is 1. The van der Waals surface area contributed by atoms with Crippen molar-refractivity contribution in [3.63, 3.8) is 0 Å². The molecule has 1 amide bonds. The smallest absolute Gasteiger partial charge is 0.260 e. The molecule has 0 saturated carbocycles. The van der Waals surface area contributed by atoms with Crippen molar-refractivity contribution < 1.29 is 4.79 Å². The first kappa shape index (κ1) is 18.1. The number of carbonyl (C=O) groups is 1. The zero-order chi connectivity index (χ0) is 20.5. The number of amides is 1. The van der Waals surface area contributed by atoms with Gasteiger partial charge >= 0.3 is 0 Å². The Morgan fingerprint density at radius 1 is 1.00 bits per heavy atom. The van der Waals surface area contributed by atoms with E-state index in [9.17, 15) is 4.79 Å². The summed E-state index contributed by atoms with van der Waals surface area (Å²) >= 11 is 0. The first-order valence-electron chi connectivity index (χ1n) is 9.97. The topological polar surface area (TPSA) is 64.2 Å². The van der Waals surface area contributed by atoms with Gasteiger partial charge in [-0.15, -0.1) is 0 Å². The van der Waals surface area contributed by atoms with Crippen LogP contribution in [0.3, 0.4) is 0 Å². The predicted octanol–water partition coefficient (Wildman–Crippen LogP) is 4.31. The van der Waals surface area contributed by atoms with Gasteiger partial charge in [0.2, 0.25) is 0 Å². The third-order valence-corrected chi connectivity index (χ3v) is 5.36. The molecule has 2 aromatic heterocycles. The van der Waals surface area contributed by atoms with Crippen molar-refractivity contribution in [3.8, 4) is 0 Å². The number of para-hydroxylation sites is 3. The molecule has 0 fully saturated rings. The highest BCUT2D eigenvalue weighted by atomic mass is 16.2. The predicted molar refractivity (Wildman–Crippen MR) is 121 cm³/mol. The molecular weight excluding hydrogens is 374 g/mol. The summed E-state index contributed by atoms with van der Waals surface area (Å²) < 4.78 is 4.12. The van der Waals surface area contributed by atoms with E-state index in [1.807, 2.05) is 34.9 Å². The summed E-state index contributed by atoms with van der Waals surface area (Å²) in [6.07, 6.45) is 3.35. The normalized spacial score (nSPS) is 11.8. The lowest BCUT2D eigenvalue weighted by molar-refractivity contribution is -0.121. The number of benzene rings is 3. The van der Waals surface area contributed by atoms with Crippen LogP contribution in [0.1, 0.15) is 12.5 Å². The highest BCUT2D eigenvalue weighted by molar-refractivity contribution is 6.09. The van der Waals surface area contributed by atoms with Gasteiger partial charge in [0.1, 0.15) is 6.54 Å². The Labute approximate surface area is 173 Å². The summed E-state index contributed by atoms with van der Waals surface area (Å²) in [6.45, 7) is 3.23. The van der Waals surface area contributed by atoms with Crippen molar-refractivity contribution in [3.05, 3.63) is 78.6 Å². The Morgan fingerprint density at radius 2 is 1.77 bits per heavy atom. The van der Waals surface area contributed by atoms with Gasteiger partial charge in [-0.3, -0.25) is 4.79 Å². The Bertz CT molecular complexity index is 1410. The number of rotatable bonds is 5. The molecule has 0 aliphatic rings. The summed E-state index contributed by atoms with van der Waals surface area (Å²) in [5.74, 6) is -0.196. The fraction of sp³-hybridized carbons (Fsp3) is 0.125. The summed E-state index contributed by atoms with van der Waals surface area (Å²) in [5.41, 5.74) is 7.77. The molecule has 148 valence electrons. The second-order valence-electron chi connectivity index (χ2n) is 7.19. The van der Waals surface area contributed by atoms with Gasteiger partial charge in [0, 0.05) is 28.4 Å². The molecule has 0 spiro atoms. The van der Waals surface area contributed by atoms with Gasteiger partial charge in [0.25, 0.3) is 5.91 Å². The molecule has 0 unspecified atom stereocenters. The Balaban J connectivity index is 1.35. The van der Waals surface area contributed by atoms with Crippen LogP contribution in [0.15, 0.2) is 78.2 Å². The largest absolute Gasteiger partial charge is 0.341 e. The van der Waals surface area contributed by atoms with Gasteiger partial charge in [-0.05, 0) is 42.8 Å². The van der Waals surface area contributed by atoms with Crippen molar-refractivity contribution in [2.24, 2.45) is 5.10 Å². The lowest BCUT2D eigenvalue weighted by atomic mass is 10.1. The average Bonchev–Trinajstić information content (AvgIpc) is 3.32. The minimum absolute atomic E-state index is 0.168. The summed E-state index contributed by atoms with van der Waals surface area (Å²) in [5, 5.41) is 6.56. The fourth-order valence-corrected chi connectivity index (χ4v) is 4.00. The number of hydrazone groups is 1. The van der Waals surface area contributed by atoms with Crippen LogP contribution in [0.25, 0.3) is 32.8 Å². The molecule has 2 heterocycles. The van der Waals surface area contributed by atoms with Crippen LogP contribution in [0.5, 0.6) is 0 Å². The van der Waals surface area contributed by atoms with E-state index in [1.165, 1.54) is 21.8 Å². The van der Waals surface area contributed by atoms with Crippen LogP contribution in [0.4, 0.5) is 0 Å². The van der Waals surface area contributed by atoms with E-state index in [-0.39, 0.29) is 12.5 Å². The summed E-state index contributed by atoms with van der Waals surface area (Å²) in [6, 6.07) is 22.4. The third-order valence-electron chi connectivity index (χ3n) is 5.36. The lowest BCUT2D eigenvalue weighted by Gasteiger charge is -2.03. The standard InChI is InChI=1S/C24H21N5O/c1-2-29-21-9-5-3-7-18(21)19-13-17(11-12-22(19)29)14-26-27-24(30)15-28-16-25-20-8-4-6-10-23(20)28/h3-14,16H,2,15H2,1H3,(H,27,30)/b26-14+. The lowest BCUT2D eigenvalue weighted by Crippen LogP contribution is -2.22. The number of fused-ring (bicyclic) bond motifs is 4. The maximum absolute atomic E-state index is 12.3. The molecule has 30 heavy (non-hydrogen) atoms. The van der Waals surface area contributed by atoms with Gasteiger partial charge in [-0.2, -0.15) is 5.10 Å². The van der Waals surface area contributed by atoms with Gasteiger partial charge in [0.15, 0.2) is 0 Å². The number of hydrogen-bond acceptors (Lipinski definition) is 3. The number of nitrogens with zero attached hydrogens (tertiary/aromatic N) is 4. The maximum Gasteiger partial charge on any atom is 0.260 e. The zero-order valence-corrected chi connectivity index (χ0v) is 16.6. The molecule has 6 heteroatoms. The fourth-order valence-electron chi connectivity index (χ4n) is 4.00. The van der Waals surface area contributed by atoms with Crippen molar-refractivity contribution in [2.45, 2.75) is 20.0 Å². The molecule has 6 nitrogen and oxygen atoms in total. The highest BCUT2D eigenvalue weighted by Crippen LogP contribution is 2.29. The van der Waals surface area contributed by atoms with Crippen molar-refractivity contribution in [1.82, 2.24) is 19.5 Å². The van der Waals surface area contributed by atoms with Crippen LogP contribution in [0.2, 0.25) is 0 Å². The molecule has 0 aliphatic heterocycles. The molecule has 3 aromatic carbocycles. The summed E-state index contributed by atoms with van der Waals surface area (Å²) in [7, 11) is 0. The second-order valence-corrected chi connectivity index (χ2v) is 7.19. The van der Waals surface area contributed by atoms with Crippen molar-refractivity contribution >= 4 is 45.0 Å². The van der Waals surface area contributed by atoms with Crippen LogP contribution < -0.4 is 5.43 Å². The Kier molecular flexibility index (Phi) is 4.52. The van der Waals surface area contributed by atoms with E-state index < -0.39 is 0 Å². The van der Waals surface area contributed by atoms with Crippen LogP contribution >= 0.6 is 0 Å². The Morgan fingerprint density at radius 3 is 2.63 bits per heavy atom. The number of nitrogens with one attached hydrogen (secondary N) is 1. The zero-order valence-electron chi connectivity index (χ0n) is 16.6. The van der Waals surface area contributed by atoms with Gasteiger partial charge in [0.05, 0.1) is 23.6 Å². The SMILES string of the molecule is CCn1c2ccccc2c2cc(/C=N/NC(=O)Cn3cnc4ccccc43)ccc21. The first-order chi connectivity index (χ1) is 14.7. The van der Waals surface area contributed by atoms with E-state index in [4.69, 9.17) is 0 Å². The molecule has 0 saturated heterocycles. The average molecular weight is 395 g/mol. The summed E-state index contributed by atoms with van der Waals surface area (Å²) in [4.78, 5) is 16.6. The quantitative estimate of drug-likeness (QED) is 0.356. The molecule has 0 atom stereocenters. The minimum Gasteiger partial charge on any atom is -0.341 e. The number of aromatic nitrogens is 3. The molecule has 0 radical (unpaired) electrons. The van der Waals surface area contributed by atoms with E-state index in [0.717, 1.165) is 23.1 Å². The number of imidazole rings is 1. The third kappa shape index (κ3) is 3.12. The number of aryl methyl sites for hydroxylation is 1. The van der Waals surface area contributed by atoms with Crippen molar-refractivity contribution in [2.75, 3.05) is 0 Å². The van der Waals surface area contributed by atoms with E-state index in [2.05, 4.69) is 63.4 Å². The van der Waals surface area contributed by atoms with Gasteiger partial charge < -0.3 is 9.13 Å². The minimum atomic E-state index is -0.196. The van der Waals surface area contributed by atoms with E-state index >= 15 is 0 Å². The monoisotopic (exact) mass is 395 g/mol. The van der Waals surface area contributed by atoms with Gasteiger partial charge in [-0.25, -0.2) is 10.4 Å². The molecule has 0 aliphatic carbocycles. The van der Waals surface area contributed by atoms with E-state index in [0.29, 0.717) is 0 Å². The molecule has 5 rings (SSSR count). The molecule has 1 N–H and O–H groups in total. The first-order valence-corrected chi connectivity index (χ1v) is 9.97. The number of carbonyl (C=O) groups excluding carboxylic acids is 1. The van der Waals surface area contributed by atoms with Gasteiger partial charge in [-0.1, -0.05) is 36.4 Å². The second kappa shape index (κ2) is 7.48.